The van der Waals surface area contributed by atoms with E-state index in [9.17, 15) is 5.26 Å². The van der Waals surface area contributed by atoms with Crippen LogP contribution in [0.4, 0.5) is 34.1 Å². The monoisotopic (exact) mass is 828 g/mol. The second-order valence-corrected chi connectivity index (χ2v) is 16.7. The number of para-hydroxylation sites is 2. The molecule has 11 aromatic rings. The molecule has 0 unspecified atom stereocenters. The second kappa shape index (κ2) is 15.8. The maximum Gasteiger partial charge on any atom is 0.0995 e. The van der Waals surface area contributed by atoms with E-state index in [4.69, 9.17) is 4.98 Å². The van der Waals surface area contributed by atoms with Crippen molar-refractivity contribution < 1.29 is 0 Å². The van der Waals surface area contributed by atoms with Gasteiger partial charge in [0, 0.05) is 50.9 Å². The van der Waals surface area contributed by atoms with E-state index in [1.54, 1.807) is 0 Å². The summed E-state index contributed by atoms with van der Waals surface area (Å²) in [4.78, 5) is 9.85. The van der Waals surface area contributed by atoms with E-state index in [1.165, 1.54) is 21.5 Å². The average molecular weight is 829 g/mol. The topological polar surface area (TPSA) is 43.2 Å². The van der Waals surface area contributed by atoms with Gasteiger partial charge in [0.1, 0.15) is 0 Å². The van der Waals surface area contributed by atoms with Crippen LogP contribution in [0.2, 0.25) is 0 Å². The Morgan fingerprint density at radius 2 is 0.877 bits per heavy atom. The molecular weight excluding hydrogens is 789 g/mol. The summed E-state index contributed by atoms with van der Waals surface area (Å²) in [6.45, 7) is 0. The Hall–Kier alpha value is -8.78. The second-order valence-electron chi connectivity index (χ2n) is 16.7. The summed E-state index contributed by atoms with van der Waals surface area (Å²) in [6, 6.07) is 84.3. The molecule has 0 saturated heterocycles. The zero-order valence-corrected chi connectivity index (χ0v) is 35.4. The van der Waals surface area contributed by atoms with Crippen molar-refractivity contribution in [1.82, 2.24) is 4.98 Å². The summed E-state index contributed by atoms with van der Waals surface area (Å²) in [7, 11) is 0. The molecule has 0 aliphatic heterocycles. The highest BCUT2D eigenvalue weighted by Gasteiger charge is 2.25. The van der Waals surface area contributed by atoms with Crippen molar-refractivity contribution in [1.29, 1.82) is 5.26 Å². The number of rotatable bonds is 8. The van der Waals surface area contributed by atoms with Crippen LogP contribution in [-0.4, -0.2) is 4.98 Å². The van der Waals surface area contributed by atoms with Crippen LogP contribution in [0.1, 0.15) is 16.8 Å². The Kier molecular flexibility index (Phi) is 9.25. The van der Waals surface area contributed by atoms with Crippen LogP contribution in [0.3, 0.4) is 0 Å². The van der Waals surface area contributed by atoms with Gasteiger partial charge in [0.15, 0.2) is 0 Å². The van der Waals surface area contributed by atoms with Crippen LogP contribution in [0.5, 0.6) is 0 Å². The Morgan fingerprint density at radius 1 is 0.385 bits per heavy atom. The maximum absolute atomic E-state index is 10.5. The van der Waals surface area contributed by atoms with E-state index in [0.717, 1.165) is 89.7 Å². The molecule has 1 heterocycles. The molecule has 65 heavy (non-hydrogen) atoms. The van der Waals surface area contributed by atoms with Crippen LogP contribution in [0, 0.1) is 11.3 Å². The van der Waals surface area contributed by atoms with Gasteiger partial charge in [-0.15, -0.1) is 0 Å². The number of fused-ring (bicyclic) bond motifs is 6. The maximum atomic E-state index is 10.5. The molecule has 1 aromatic heterocycles. The minimum Gasteiger partial charge on any atom is -0.310 e. The smallest absolute Gasteiger partial charge is 0.0995 e. The molecule has 0 N–H and O–H groups in total. The molecule has 0 radical (unpaired) electrons. The first kappa shape index (κ1) is 37.9. The van der Waals surface area contributed by atoms with E-state index in [-0.39, 0.29) is 0 Å². The quantitative estimate of drug-likeness (QED) is 0.153. The molecule has 4 nitrogen and oxygen atoms in total. The van der Waals surface area contributed by atoms with Crippen molar-refractivity contribution in [2.24, 2.45) is 0 Å². The summed E-state index contributed by atoms with van der Waals surface area (Å²) in [5.41, 5.74) is 16.8. The SMILES string of the molecule is N#Cc1cc(-c2ccc(N(c3ccccc3)c3cccc4ccccc34)cc2)cc2c1Cc1nc3ccc(-c4ccc(N(c5ccccc5)c5cccc6ccccc56)cc4)cc3cc1-2. The largest absolute Gasteiger partial charge is 0.310 e. The fraction of sp³-hybridized carbons (Fsp3) is 0.0164. The number of pyridine rings is 1. The van der Waals surface area contributed by atoms with Gasteiger partial charge >= 0.3 is 0 Å². The lowest BCUT2D eigenvalue weighted by Gasteiger charge is -2.27. The molecule has 0 saturated carbocycles. The van der Waals surface area contributed by atoms with Gasteiger partial charge in [0.25, 0.3) is 0 Å². The van der Waals surface area contributed by atoms with Gasteiger partial charge in [-0.25, -0.2) is 0 Å². The fourth-order valence-corrected chi connectivity index (χ4v) is 9.72. The molecule has 1 aliphatic carbocycles. The van der Waals surface area contributed by atoms with Crippen molar-refractivity contribution in [3.05, 3.63) is 247 Å². The van der Waals surface area contributed by atoms with E-state index in [2.05, 4.69) is 240 Å². The first-order valence-electron chi connectivity index (χ1n) is 22.0. The predicted molar refractivity (Wildman–Crippen MR) is 270 cm³/mol. The molecule has 0 atom stereocenters. The van der Waals surface area contributed by atoms with E-state index in [1.807, 2.05) is 6.07 Å². The lowest BCUT2D eigenvalue weighted by Crippen LogP contribution is -2.10. The van der Waals surface area contributed by atoms with Crippen molar-refractivity contribution >= 4 is 66.6 Å². The van der Waals surface area contributed by atoms with Crippen LogP contribution in [0.25, 0.3) is 65.8 Å². The lowest BCUT2D eigenvalue weighted by atomic mass is 9.94. The Morgan fingerprint density at radius 3 is 1.45 bits per heavy atom. The van der Waals surface area contributed by atoms with Gasteiger partial charge in [0.05, 0.1) is 34.2 Å². The molecule has 12 rings (SSSR count). The number of nitrogens with zero attached hydrogens (tertiary/aromatic N) is 4. The fourth-order valence-electron chi connectivity index (χ4n) is 9.72. The van der Waals surface area contributed by atoms with Gasteiger partial charge < -0.3 is 9.80 Å². The zero-order chi connectivity index (χ0) is 43.3. The minimum absolute atomic E-state index is 0.637. The molecule has 10 aromatic carbocycles. The average Bonchev–Trinajstić information content (AvgIpc) is 3.74. The number of benzene rings is 10. The van der Waals surface area contributed by atoms with E-state index in [0.29, 0.717) is 12.0 Å². The third-order valence-electron chi connectivity index (χ3n) is 12.9. The lowest BCUT2D eigenvalue weighted by molar-refractivity contribution is 1.14. The standard InChI is InChI=1S/C61H40N4/c62-40-48-36-46(42-27-32-52(33-28-42)65(50-19-5-2-6-20-50)61-24-12-16-44-14-8-10-22-54(44)61)37-56-55(48)39-59-57(56)38-47-35-45(29-34-58(47)63-59)41-25-30-51(31-26-41)64(49-17-3-1-4-18-49)60-23-11-15-43-13-7-9-21-53(43)60/h1-38H,39H2. The highest BCUT2D eigenvalue weighted by Crippen LogP contribution is 2.44. The number of anilines is 6. The van der Waals surface area contributed by atoms with E-state index < -0.39 is 0 Å². The summed E-state index contributed by atoms with van der Waals surface area (Å²) < 4.78 is 0. The molecule has 0 bridgehead atoms. The third-order valence-corrected chi connectivity index (χ3v) is 12.9. The highest BCUT2D eigenvalue weighted by atomic mass is 15.1. The van der Waals surface area contributed by atoms with Crippen molar-refractivity contribution in [3.63, 3.8) is 0 Å². The summed E-state index contributed by atoms with van der Waals surface area (Å²) in [5, 5.41) is 16.4. The molecule has 0 fully saturated rings. The first-order chi connectivity index (χ1) is 32.2. The van der Waals surface area contributed by atoms with Crippen molar-refractivity contribution in [2.45, 2.75) is 6.42 Å². The van der Waals surface area contributed by atoms with E-state index >= 15 is 0 Å². The van der Waals surface area contributed by atoms with Crippen LogP contribution >= 0.6 is 0 Å². The number of nitriles is 1. The number of aromatic nitrogens is 1. The molecule has 4 heteroatoms. The Labute approximate surface area is 378 Å². The third kappa shape index (κ3) is 6.75. The summed E-state index contributed by atoms with van der Waals surface area (Å²) >= 11 is 0. The molecular formula is C61H40N4. The van der Waals surface area contributed by atoms with Crippen LogP contribution in [0.15, 0.2) is 231 Å². The van der Waals surface area contributed by atoms with Gasteiger partial charge in [0.2, 0.25) is 0 Å². The summed E-state index contributed by atoms with van der Waals surface area (Å²) in [6.07, 6.45) is 0.637. The molecule has 1 aliphatic rings. The minimum atomic E-state index is 0.637. The molecule has 0 spiro atoms. The van der Waals surface area contributed by atoms with Gasteiger partial charge in [-0.3, -0.25) is 4.98 Å². The van der Waals surface area contributed by atoms with Crippen molar-refractivity contribution in [3.8, 4) is 39.4 Å². The number of hydrogen-bond donors (Lipinski definition) is 0. The van der Waals surface area contributed by atoms with Gasteiger partial charge in [-0.2, -0.15) is 5.26 Å². The predicted octanol–water partition coefficient (Wildman–Crippen LogP) is 16.3. The van der Waals surface area contributed by atoms with Gasteiger partial charge in [-0.1, -0.05) is 140 Å². The Balaban J connectivity index is 0.883. The van der Waals surface area contributed by atoms with Crippen LogP contribution in [-0.2, 0) is 6.42 Å². The number of hydrogen-bond acceptors (Lipinski definition) is 4. The van der Waals surface area contributed by atoms with Crippen molar-refractivity contribution in [2.75, 3.05) is 9.80 Å². The molecule has 0 amide bonds. The first-order valence-corrected chi connectivity index (χ1v) is 22.0. The van der Waals surface area contributed by atoms with Gasteiger partial charge in [-0.05, 0) is 135 Å². The normalized spacial score (nSPS) is 11.6. The molecule has 304 valence electrons. The Bertz CT molecular complexity index is 3620. The highest BCUT2D eigenvalue weighted by molar-refractivity contribution is 6.01. The zero-order valence-electron chi connectivity index (χ0n) is 35.4. The van der Waals surface area contributed by atoms with Crippen LogP contribution < -0.4 is 9.80 Å². The summed E-state index contributed by atoms with van der Waals surface area (Å²) in [5.74, 6) is 0.